The molecule has 0 bridgehead atoms. The summed E-state index contributed by atoms with van der Waals surface area (Å²) < 4.78 is 0. The first-order valence-corrected chi connectivity index (χ1v) is 7.04. The molecule has 0 aliphatic heterocycles. The van der Waals surface area contributed by atoms with Crippen molar-refractivity contribution in [2.24, 2.45) is 0 Å². The van der Waals surface area contributed by atoms with Gasteiger partial charge in [0.15, 0.2) is 5.16 Å². The largest absolute Gasteiger partial charge is 0.481 e. The van der Waals surface area contributed by atoms with E-state index in [0.29, 0.717) is 10.9 Å². The van der Waals surface area contributed by atoms with Gasteiger partial charge in [0, 0.05) is 18.0 Å². The Hall–Kier alpha value is -2.08. The van der Waals surface area contributed by atoms with E-state index in [4.69, 9.17) is 5.11 Å². The van der Waals surface area contributed by atoms with Gasteiger partial charge < -0.3 is 10.1 Å². The Balaban J connectivity index is 2.01. The van der Waals surface area contributed by atoms with Gasteiger partial charge in [-0.2, -0.15) is 0 Å². The van der Waals surface area contributed by atoms with E-state index in [1.165, 1.54) is 24.0 Å². The molecule has 2 N–H and O–H groups in total. The number of carbonyl (C=O) groups is 1. The number of H-pyrrole nitrogens is 1. The maximum absolute atomic E-state index is 11.1. The molecular formula is C14H14N2O3S. The molecule has 1 unspecified atom stereocenters. The van der Waals surface area contributed by atoms with E-state index in [0.717, 1.165) is 11.1 Å². The van der Waals surface area contributed by atoms with Gasteiger partial charge in [-0.05, 0) is 18.1 Å². The van der Waals surface area contributed by atoms with Crippen molar-refractivity contribution in [3.05, 3.63) is 58.0 Å². The molecule has 0 spiro atoms. The molecule has 20 heavy (non-hydrogen) atoms. The second-order valence-electron chi connectivity index (χ2n) is 4.33. The maximum atomic E-state index is 11.1. The Morgan fingerprint density at radius 3 is 2.65 bits per heavy atom. The highest BCUT2D eigenvalue weighted by molar-refractivity contribution is 7.98. The first-order valence-electron chi connectivity index (χ1n) is 6.06. The fraction of sp³-hybridized carbons (Fsp3) is 0.214. The zero-order valence-electron chi connectivity index (χ0n) is 10.9. The van der Waals surface area contributed by atoms with Gasteiger partial charge in [-0.15, -0.1) is 0 Å². The first-order chi connectivity index (χ1) is 9.56. The van der Waals surface area contributed by atoms with E-state index in [-0.39, 0.29) is 5.56 Å². The van der Waals surface area contributed by atoms with Crippen LogP contribution in [0.25, 0.3) is 0 Å². The number of aromatic amines is 1. The molecule has 104 valence electrons. The van der Waals surface area contributed by atoms with E-state index < -0.39 is 11.9 Å². The number of aromatic nitrogens is 2. The number of nitrogens with one attached hydrogen (secondary N) is 1. The second kappa shape index (κ2) is 6.38. The lowest BCUT2D eigenvalue weighted by Gasteiger charge is -2.07. The fourth-order valence-electron chi connectivity index (χ4n) is 1.62. The first kappa shape index (κ1) is 14.3. The summed E-state index contributed by atoms with van der Waals surface area (Å²) in [7, 11) is 0. The molecule has 2 aromatic rings. The third-order valence-electron chi connectivity index (χ3n) is 2.87. The number of nitrogens with zero attached hydrogens (tertiary/aromatic N) is 1. The predicted molar refractivity (Wildman–Crippen MR) is 76.9 cm³/mol. The van der Waals surface area contributed by atoms with E-state index in [9.17, 15) is 9.59 Å². The Bertz CT molecular complexity index is 652. The lowest BCUT2D eigenvalue weighted by Crippen LogP contribution is -2.07. The Morgan fingerprint density at radius 1 is 1.35 bits per heavy atom. The van der Waals surface area contributed by atoms with Crippen LogP contribution < -0.4 is 5.56 Å². The molecule has 0 saturated carbocycles. The molecule has 1 atom stereocenters. The number of thioether (sulfide) groups is 1. The Kier molecular flexibility index (Phi) is 4.57. The third kappa shape index (κ3) is 3.71. The number of carboxylic acid groups (broad SMARTS) is 1. The topological polar surface area (TPSA) is 83.0 Å². The van der Waals surface area contributed by atoms with Crippen molar-refractivity contribution in [1.29, 1.82) is 0 Å². The van der Waals surface area contributed by atoms with Crippen molar-refractivity contribution in [1.82, 2.24) is 9.97 Å². The van der Waals surface area contributed by atoms with Crippen molar-refractivity contribution in [3.8, 4) is 0 Å². The summed E-state index contributed by atoms with van der Waals surface area (Å²) in [5, 5.41) is 9.51. The number of aliphatic carboxylic acids is 1. The molecule has 1 aromatic carbocycles. The van der Waals surface area contributed by atoms with Gasteiger partial charge in [0.1, 0.15) is 0 Å². The molecule has 0 amide bonds. The summed E-state index contributed by atoms with van der Waals surface area (Å²) in [6.07, 6.45) is 1.47. The Morgan fingerprint density at radius 2 is 2.05 bits per heavy atom. The summed E-state index contributed by atoms with van der Waals surface area (Å²) in [6, 6.07) is 8.78. The molecule has 0 aliphatic carbocycles. The smallest absolute Gasteiger partial charge is 0.310 e. The zero-order chi connectivity index (χ0) is 14.5. The Labute approximate surface area is 120 Å². The minimum absolute atomic E-state index is 0.173. The van der Waals surface area contributed by atoms with Gasteiger partial charge in [0.05, 0.1) is 5.92 Å². The second-order valence-corrected chi connectivity index (χ2v) is 5.29. The van der Waals surface area contributed by atoms with Crippen molar-refractivity contribution >= 4 is 17.7 Å². The molecule has 0 radical (unpaired) electrons. The van der Waals surface area contributed by atoms with Crippen molar-refractivity contribution in [2.45, 2.75) is 23.8 Å². The molecule has 1 heterocycles. The summed E-state index contributed by atoms with van der Waals surface area (Å²) >= 11 is 1.43. The fourth-order valence-corrected chi connectivity index (χ4v) is 2.43. The van der Waals surface area contributed by atoms with Crippen LogP contribution in [0.2, 0.25) is 0 Å². The average molecular weight is 290 g/mol. The SMILES string of the molecule is CC(C(=O)O)c1ccc(CSc2nccc(=O)[nH]2)cc1. The van der Waals surface area contributed by atoms with Crippen LogP contribution in [0.3, 0.4) is 0 Å². The highest BCUT2D eigenvalue weighted by atomic mass is 32.2. The highest BCUT2D eigenvalue weighted by Crippen LogP contribution is 2.21. The lowest BCUT2D eigenvalue weighted by molar-refractivity contribution is -0.138. The van der Waals surface area contributed by atoms with Gasteiger partial charge in [-0.1, -0.05) is 36.0 Å². The van der Waals surface area contributed by atoms with E-state index in [2.05, 4.69) is 9.97 Å². The molecule has 1 aromatic heterocycles. The lowest BCUT2D eigenvalue weighted by atomic mass is 10.0. The number of carboxylic acids is 1. The number of rotatable bonds is 5. The minimum Gasteiger partial charge on any atom is -0.481 e. The van der Waals surface area contributed by atoms with E-state index in [1.54, 1.807) is 6.92 Å². The van der Waals surface area contributed by atoms with Crippen LogP contribution in [-0.4, -0.2) is 21.0 Å². The number of hydrogen-bond acceptors (Lipinski definition) is 4. The summed E-state index contributed by atoms with van der Waals surface area (Å²) in [5.74, 6) is -0.684. The quantitative estimate of drug-likeness (QED) is 0.652. The summed E-state index contributed by atoms with van der Waals surface area (Å²) in [6.45, 7) is 1.66. The van der Waals surface area contributed by atoms with Gasteiger partial charge in [0.25, 0.3) is 5.56 Å². The van der Waals surface area contributed by atoms with Crippen LogP contribution in [0.15, 0.2) is 46.5 Å². The van der Waals surface area contributed by atoms with E-state index >= 15 is 0 Å². The van der Waals surface area contributed by atoms with Crippen molar-refractivity contribution < 1.29 is 9.90 Å². The number of hydrogen-bond donors (Lipinski definition) is 2. The van der Waals surface area contributed by atoms with Gasteiger partial charge in [-0.3, -0.25) is 9.59 Å². The van der Waals surface area contributed by atoms with E-state index in [1.807, 2.05) is 24.3 Å². The van der Waals surface area contributed by atoms with Gasteiger partial charge in [0.2, 0.25) is 0 Å². The minimum atomic E-state index is -0.835. The molecule has 0 aliphatic rings. The van der Waals surface area contributed by atoms with Crippen LogP contribution in [0.4, 0.5) is 0 Å². The predicted octanol–water partition coefficient (Wildman–Crippen LogP) is 2.25. The van der Waals surface area contributed by atoms with Crippen LogP contribution in [-0.2, 0) is 10.5 Å². The number of benzene rings is 1. The van der Waals surface area contributed by atoms with Crippen molar-refractivity contribution in [3.63, 3.8) is 0 Å². The molecule has 0 fully saturated rings. The van der Waals surface area contributed by atoms with Crippen LogP contribution >= 0.6 is 11.8 Å². The van der Waals surface area contributed by atoms with Crippen LogP contribution in [0.1, 0.15) is 24.0 Å². The van der Waals surface area contributed by atoms with Crippen LogP contribution in [0.5, 0.6) is 0 Å². The zero-order valence-corrected chi connectivity index (χ0v) is 11.7. The normalized spacial score (nSPS) is 12.1. The molecule has 5 nitrogen and oxygen atoms in total. The maximum Gasteiger partial charge on any atom is 0.310 e. The van der Waals surface area contributed by atoms with Gasteiger partial charge in [-0.25, -0.2) is 4.98 Å². The summed E-state index contributed by atoms with van der Waals surface area (Å²) in [5.41, 5.74) is 1.65. The monoisotopic (exact) mass is 290 g/mol. The third-order valence-corrected chi connectivity index (χ3v) is 3.83. The molecule has 2 rings (SSSR count). The summed E-state index contributed by atoms with van der Waals surface area (Å²) in [4.78, 5) is 28.7. The molecule has 6 heteroatoms. The van der Waals surface area contributed by atoms with Gasteiger partial charge >= 0.3 is 5.97 Å². The standard InChI is InChI=1S/C14H14N2O3S/c1-9(13(18)19)11-4-2-10(3-5-11)8-20-14-15-7-6-12(17)16-14/h2-7,9H,8H2,1H3,(H,18,19)(H,15,16,17). The molecule has 0 saturated heterocycles. The average Bonchev–Trinajstić information content (AvgIpc) is 2.45. The van der Waals surface area contributed by atoms with Crippen LogP contribution in [0, 0.1) is 0 Å². The molecular weight excluding hydrogens is 276 g/mol. The van der Waals surface area contributed by atoms with Crippen molar-refractivity contribution in [2.75, 3.05) is 0 Å². The highest BCUT2D eigenvalue weighted by Gasteiger charge is 2.12.